The number of amides is 1. The highest BCUT2D eigenvalue weighted by Crippen LogP contribution is 2.29. The third-order valence-corrected chi connectivity index (χ3v) is 4.92. The molecule has 0 N–H and O–H groups in total. The summed E-state index contributed by atoms with van der Waals surface area (Å²) < 4.78 is 5.83. The Morgan fingerprint density at radius 3 is 2.00 bits per heavy atom. The molecule has 2 aromatic carbocycles. The van der Waals surface area contributed by atoms with E-state index < -0.39 is 0 Å². The summed E-state index contributed by atoms with van der Waals surface area (Å²) in [6, 6.07) is 18.0. The molecule has 146 valence electrons. The number of hydrogen-bond acceptors (Lipinski definition) is 2. The minimum absolute atomic E-state index is 0.160. The number of nitrogens with zero attached hydrogens (tertiary/aromatic N) is 1. The van der Waals surface area contributed by atoms with Gasteiger partial charge < -0.3 is 9.64 Å². The van der Waals surface area contributed by atoms with E-state index in [0.717, 1.165) is 23.3 Å². The van der Waals surface area contributed by atoms with Crippen LogP contribution in [0.1, 0.15) is 59.1 Å². The van der Waals surface area contributed by atoms with Crippen molar-refractivity contribution in [3.63, 3.8) is 0 Å². The molecule has 27 heavy (non-hydrogen) atoms. The molecular weight excluding hydrogens is 334 g/mol. The van der Waals surface area contributed by atoms with E-state index in [0.29, 0.717) is 13.0 Å². The second kappa shape index (κ2) is 8.60. The van der Waals surface area contributed by atoms with E-state index in [1.54, 1.807) is 0 Å². The SMILES string of the molecule is CCC(C)(C)N(C(=O)Cc1ccc(OCc2ccccc2)cc1)C(C)(C)C. The van der Waals surface area contributed by atoms with Crippen LogP contribution in [0.2, 0.25) is 0 Å². The van der Waals surface area contributed by atoms with E-state index in [4.69, 9.17) is 4.74 Å². The van der Waals surface area contributed by atoms with Gasteiger partial charge in [0.05, 0.1) is 6.42 Å². The van der Waals surface area contributed by atoms with Crippen LogP contribution in [0, 0.1) is 0 Å². The predicted octanol–water partition coefficient (Wildman–Crippen LogP) is 5.62. The van der Waals surface area contributed by atoms with Crippen LogP contribution >= 0.6 is 0 Å². The molecule has 0 atom stereocenters. The maximum atomic E-state index is 13.1. The Morgan fingerprint density at radius 2 is 1.48 bits per heavy atom. The fourth-order valence-electron chi connectivity index (χ4n) is 3.48. The Hall–Kier alpha value is -2.29. The van der Waals surface area contributed by atoms with Crippen molar-refractivity contribution in [2.45, 2.75) is 72.1 Å². The van der Waals surface area contributed by atoms with Gasteiger partial charge in [-0.1, -0.05) is 49.4 Å². The van der Waals surface area contributed by atoms with Crippen molar-refractivity contribution < 1.29 is 9.53 Å². The second-order valence-corrected chi connectivity index (χ2v) is 8.66. The van der Waals surface area contributed by atoms with Gasteiger partial charge in [0, 0.05) is 11.1 Å². The minimum atomic E-state index is -0.213. The molecule has 0 radical (unpaired) electrons. The Balaban J connectivity index is 2.03. The fourth-order valence-corrected chi connectivity index (χ4v) is 3.48. The van der Waals surface area contributed by atoms with Crippen molar-refractivity contribution in [1.29, 1.82) is 0 Å². The molecule has 0 unspecified atom stereocenters. The smallest absolute Gasteiger partial charge is 0.227 e. The molecule has 0 aliphatic carbocycles. The van der Waals surface area contributed by atoms with Crippen LogP contribution < -0.4 is 4.74 Å². The Kier molecular flexibility index (Phi) is 6.69. The molecule has 3 nitrogen and oxygen atoms in total. The first-order chi connectivity index (χ1) is 12.6. The normalized spacial score (nSPS) is 11.9. The number of ether oxygens (including phenoxy) is 1. The number of carbonyl (C=O) groups is 1. The summed E-state index contributed by atoms with van der Waals surface area (Å²) in [7, 11) is 0. The van der Waals surface area contributed by atoms with Crippen molar-refractivity contribution >= 4 is 5.91 Å². The van der Waals surface area contributed by atoms with Gasteiger partial charge in [-0.3, -0.25) is 4.79 Å². The summed E-state index contributed by atoms with van der Waals surface area (Å²) in [5.74, 6) is 0.976. The van der Waals surface area contributed by atoms with Crippen LogP contribution in [0.4, 0.5) is 0 Å². The summed E-state index contributed by atoms with van der Waals surface area (Å²) in [6.45, 7) is 13.2. The zero-order valence-corrected chi connectivity index (χ0v) is 17.6. The molecule has 0 fully saturated rings. The van der Waals surface area contributed by atoms with Crippen LogP contribution in [0.5, 0.6) is 5.75 Å². The first-order valence-electron chi connectivity index (χ1n) is 9.72. The summed E-state index contributed by atoms with van der Waals surface area (Å²) in [6.07, 6.45) is 1.32. The predicted molar refractivity (Wildman–Crippen MR) is 112 cm³/mol. The molecule has 0 spiro atoms. The molecule has 0 aromatic heterocycles. The average molecular weight is 368 g/mol. The molecule has 0 saturated heterocycles. The summed E-state index contributed by atoms with van der Waals surface area (Å²) in [4.78, 5) is 15.1. The molecule has 2 aromatic rings. The molecule has 0 aliphatic heterocycles. The standard InChI is InChI=1S/C24H33NO2/c1-7-24(5,6)25(23(2,3)4)22(26)17-19-13-15-21(16-14-19)27-18-20-11-9-8-10-12-20/h8-16H,7,17-18H2,1-6H3. The van der Waals surface area contributed by atoms with Crippen LogP contribution in [0.15, 0.2) is 54.6 Å². The number of carbonyl (C=O) groups excluding carboxylic acids is 1. The Morgan fingerprint density at radius 1 is 0.889 bits per heavy atom. The number of benzene rings is 2. The van der Waals surface area contributed by atoms with Gasteiger partial charge in [0.25, 0.3) is 0 Å². The van der Waals surface area contributed by atoms with Crippen LogP contribution in [0.25, 0.3) is 0 Å². The van der Waals surface area contributed by atoms with Gasteiger partial charge in [-0.05, 0) is 64.3 Å². The van der Waals surface area contributed by atoms with E-state index in [1.165, 1.54) is 0 Å². The molecule has 0 saturated carbocycles. The lowest BCUT2D eigenvalue weighted by atomic mass is 9.91. The molecule has 0 aliphatic rings. The van der Waals surface area contributed by atoms with Crippen LogP contribution in [-0.2, 0) is 17.8 Å². The van der Waals surface area contributed by atoms with Gasteiger partial charge in [0.15, 0.2) is 0 Å². The van der Waals surface area contributed by atoms with Crippen molar-refractivity contribution in [3.8, 4) is 5.75 Å². The largest absolute Gasteiger partial charge is 0.489 e. The number of rotatable bonds is 7. The lowest BCUT2D eigenvalue weighted by molar-refractivity contribution is -0.143. The van der Waals surface area contributed by atoms with Crippen LogP contribution in [0.3, 0.4) is 0 Å². The fraction of sp³-hybridized carbons (Fsp3) is 0.458. The van der Waals surface area contributed by atoms with Gasteiger partial charge in [0.1, 0.15) is 12.4 Å². The first kappa shape index (κ1) is 21.0. The Labute approximate surface area is 164 Å². The zero-order chi connectivity index (χ0) is 20.1. The number of hydrogen-bond donors (Lipinski definition) is 0. The van der Waals surface area contributed by atoms with E-state index in [9.17, 15) is 4.79 Å². The molecule has 2 rings (SSSR count). The van der Waals surface area contributed by atoms with Gasteiger partial charge in [0.2, 0.25) is 5.91 Å². The minimum Gasteiger partial charge on any atom is -0.489 e. The van der Waals surface area contributed by atoms with Crippen molar-refractivity contribution in [2.24, 2.45) is 0 Å². The molecular formula is C24H33NO2. The second-order valence-electron chi connectivity index (χ2n) is 8.66. The topological polar surface area (TPSA) is 29.5 Å². The van der Waals surface area contributed by atoms with Gasteiger partial charge >= 0.3 is 0 Å². The summed E-state index contributed by atoms with van der Waals surface area (Å²) >= 11 is 0. The van der Waals surface area contributed by atoms with Gasteiger partial charge in [-0.15, -0.1) is 0 Å². The van der Waals surface area contributed by atoms with E-state index in [-0.39, 0.29) is 17.0 Å². The first-order valence-corrected chi connectivity index (χ1v) is 9.72. The maximum Gasteiger partial charge on any atom is 0.227 e. The zero-order valence-electron chi connectivity index (χ0n) is 17.6. The summed E-state index contributed by atoms with van der Waals surface area (Å²) in [5.41, 5.74) is 1.76. The Bertz CT molecular complexity index is 727. The highest BCUT2D eigenvalue weighted by Gasteiger charge is 2.37. The molecule has 3 heteroatoms. The van der Waals surface area contributed by atoms with Crippen LogP contribution in [-0.4, -0.2) is 21.9 Å². The monoisotopic (exact) mass is 367 g/mol. The van der Waals surface area contributed by atoms with Crippen molar-refractivity contribution in [2.75, 3.05) is 0 Å². The van der Waals surface area contributed by atoms with Gasteiger partial charge in [-0.25, -0.2) is 0 Å². The quantitative estimate of drug-likeness (QED) is 0.635. The average Bonchev–Trinajstić information content (AvgIpc) is 2.60. The third-order valence-electron chi connectivity index (χ3n) is 4.92. The molecule has 0 bridgehead atoms. The summed E-state index contributed by atoms with van der Waals surface area (Å²) in [5, 5.41) is 0. The lowest BCUT2D eigenvalue weighted by Gasteiger charge is -2.47. The van der Waals surface area contributed by atoms with E-state index in [2.05, 4.69) is 41.5 Å². The molecule has 0 heterocycles. The maximum absolute atomic E-state index is 13.1. The van der Waals surface area contributed by atoms with E-state index >= 15 is 0 Å². The highest BCUT2D eigenvalue weighted by atomic mass is 16.5. The molecule has 1 amide bonds. The van der Waals surface area contributed by atoms with Crippen molar-refractivity contribution in [3.05, 3.63) is 65.7 Å². The third kappa shape index (κ3) is 5.85. The van der Waals surface area contributed by atoms with Crippen molar-refractivity contribution in [1.82, 2.24) is 4.90 Å². The van der Waals surface area contributed by atoms with Gasteiger partial charge in [-0.2, -0.15) is 0 Å². The lowest BCUT2D eigenvalue weighted by Crippen LogP contribution is -2.57. The highest BCUT2D eigenvalue weighted by molar-refractivity contribution is 5.80. The van der Waals surface area contributed by atoms with E-state index in [1.807, 2.05) is 59.5 Å².